The fourth-order valence-corrected chi connectivity index (χ4v) is 3.42. The first kappa shape index (κ1) is 18.8. The molecule has 1 aliphatic rings. The highest BCUT2D eigenvalue weighted by Gasteiger charge is 2.33. The third-order valence-corrected chi connectivity index (χ3v) is 4.78. The summed E-state index contributed by atoms with van der Waals surface area (Å²) in [7, 11) is 1.15. The molecule has 0 bridgehead atoms. The topological polar surface area (TPSA) is 66.8 Å². The summed E-state index contributed by atoms with van der Waals surface area (Å²) in [6, 6.07) is 13.9. The number of hydrogen-bond acceptors (Lipinski definition) is 3. The van der Waals surface area contributed by atoms with Gasteiger partial charge >= 0.3 is 12.1 Å². The minimum atomic E-state index is -2.84. The van der Waals surface area contributed by atoms with Gasteiger partial charge in [-0.25, -0.2) is 18.4 Å². The van der Waals surface area contributed by atoms with Crippen molar-refractivity contribution in [1.82, 2.24) is 4.90 Å². The Balaban J connectivity index is 1.75. The van der Waals surface area contributed by atoms with Crippen LogP contribution in [0.1, 0.15) is 23.5 Å². The second kappa shape index (κ2) is 7.73. The van der Waals surface area contributed by atoms with E-state index in [9.17, 15) is 18.4 Å². The number of halogens is 2. The lowest BCUT2D eigenvalue weighted by Gasteiger charge is -2.25. The smallest absolute Gasteiger partial charge is 0.410 e. The van der Waals surface area contributed by atoms with Gasteiger partial charge in [0.2, 0.25) is 6.43 Å². The SMILES string of the molecule is CN(C(=O)OCC1c2ccccc2-c2ccccc21)[C@@H](CC(F)F)C(=O)O. The maximum absolute atomic E-state index is 12.6. The number of ether oxygens (including phenoxy) is 1. The fraction of sp³-hybridized carbons (Fsp3) is 0.300. The van der Waals surface area contributed by atoms with Crippen LogP contribution in [0.3, 0.4) is 0 Å². The van der Waals surface area contributed by atoms with Crippen LogP contribution in [0, 0.1) is 0 Å². The lowest BCUT2D eigenvalue weighted by atomic mass is 9.98. The van der Waals surface area contributed by atoms with Crippen molar-refractivity contribution >= 4 is 12.1 Å². The quantitative estimate of drug-likeness (QED) is 0.830. The van der Waals surface area contributed by atoms with Crippen LogP contribution in [0.25, 0.3) is 11.1 Å². The van der Waals surface area contributed by atoms with E-state index in [1.54, 1.807) is 0 Å². The Morgan fingerprint density at radius 3 is 2.07 bits per heavy atom. The second-order valence-electron chi connectivity index (χ2n) is 6.40. The van der Waals surface area contributed by atoms with Crippen molar-refractivity contribution < 1.29 is 28.2 Å². The highest BCUT2D eigenvalue weighted by atomic mass is 19.3. The number of fused-ring (bicyclic) bond motifs is 3. The molecule has 0 radical (unpaired) electrons. The fourth-order valence-electron chi connectivity index (χ4n) is 3.42. The molecule has 7 heteroatoms. The van der Waals surface area contributed by atoms with E-state index >= 15 is 0 Å². The molecule has 1 amide bonds. The third-order valence-electron chi connectivity index (χ3n) is 4.78. The maximum atomic E-state index is 12.6. The molecule has 0 aromatic heterocycles. The molecule has 2 aromatic carbocycles. The van der Waals surface area contributed by atoms with E-state index in [-0.39, 0.29) is 12.5 Å². The van der Waals surface area contributed by atoms with Crippen LogP contribution in [0.5, 0.6) is 0 Å². The van der Waals surface area contributed by atoms with E-state index in [2.05, 4.69) is 0 Å². The minimum Gasteiger partial charge on any atom is -0.480 e. The minimum absolute atomic E-state index is 0.00177. The highest BCUT2D eigenvalue weighted by molar-refractivity contribution is 5.81. The second-order valence-corrected chi connectivity index (χ2v) is 6.40. The Morgan fingerprint density at radius 1 is 1.07 bits per heavy atom. The van der Waals surface area contributed by atoms with Crippen molar-refractivity contribution in [2.24, 2.45) is 0 Å². The Kier molecular flexibility index (Phi) is 5.39. The number of amides is 1. The lowest BCUT2D eigenvalue weighted by molar-refractivity contribution is -0.143. The Hall–Kier alpha value is -2.96. The third kappa shape index (κ3) is 3.77. The van der Waals surface area contributed by atoms with Gasteiger partial charge in [0.15, 0.2) is 0 Å². The zero-order valence-electron chi connectivity index (χ0n) is 14.6. The molecular weight excluding hydrogens is 356 g/mol. The molecule has 0 unspecified atom stereocenters. The number of hydrogen-bond donors (Lipinski definition) is 1. The van der Waals surface area contributed by atoms with Crippen molar-refractivity contribution in [2.45, 2.75) is 24.8 Å². The van der Waals surface area contributed by atoms with Gasteiger partial charge in [-0.2, -0.15) is 0 Å². The number of rotatable bonds is 6. The monoisotopic (exact) mass is 375 g/mol. The lowest BCUT2D eigenvalue weighted by Crippen LogP contribution is -2.44. The first-order valence-corrected chi connectivity index (χ1v) is 8.49. The molecule has 1 atom stereocenters. The van der Waals surface area contributed by atoms with Crippen molar-refractivity contribution in [2.75, 3.05) is 13.7 Å². The Bertz CT molecular complexity index is 810. The van der Waals surface area contributed by atoms with Gasteiger partial charge in [0.25, 0.3) is 0 Å². The van der Waals surface area contributed by atoms with E-state index in [0.29, 0.717) is 4.90 Å². The number of nitrogens with zero attached hydrogens (tertiary/aromatic N) is 1. The molecule has 3 rings (SSSR count). The van der Waals surface area contributed by atoms with Crippen LogP contribution in [0.4, 0.5) is 13.6 Å². The van der Waals surface area contributed by atoms with Crippen molar-refractivity contribution in [3.63, 3.8) is 0 Å². The summed E-state index contributed by atoms with van der Waals surface area (Å²) in [5.74, 6) is -1.68. The van der Waals surface area contributed by atoms with Crippen LogP contribution in [-0.2, 0) is 9.53 Å². The highest BCUT2D eigenvalue weighted by Crippen LogP contribution is 2.44. The number of likely N-dealkylation sites (N-methyl/N-ethyl adjacent to an activating group) is 1. The Labute approximate surface area is 155 Å². The summed E-state index contributed by atoms with van der Waals surface area (Å²) < 4.78 is 30.5. The van der Waals surface area contributed by atoms with Crippen LogP contribution in [0.2, 0.25) is 0 Å². The molecule has 1 aliphatic carbocycles. The predicted octanol–water partition coefficient (Wildman–Crippen LogP) is 3.98. The molecule has 0 saturated carbocycles. The molecule has 27 heavy (non-hydrogen) atoms. The molecular formula is C20H19F2NO4. The van der Waals surface area contributed by atoms with E-state index in [1.165, 1.54) is 0 Å². The summed E-state index contributed by atoms with van der Waals surface area (Å²) in [5, 5.41) is 9.10. The van der Waals surface area contributed by atoms with E-state index < -0.39 is 31.0 Å². The van der Waals surface area contributed by atoms with Gasteiger partial charge in [0, 0.05) is 19.4 Å². The van der Waals surface area contributed by atoms with Gasteiger partial charge in [-0.3, -0.25) is 4.90 Å². The number of carboxylic acid groups (broad SMARTS) is 1. The molecule has 142 valence electrons. The molecule has 2 aromatic rings. The normalized spacial score (nSPS) is 13.8. The van der Waals surface area contributed by atoms with Crippen molar-refractivity contribution in [3.05, 3.63) is 59.7 Å². The molecule has 0 fully saturated rings. The van der Waals surface area contributed by atoms with E-state index in [0.717, 1.165) is 29.3 Å². The van der Waals surface area contributed by atoms with Gasteiger partial charge in [-0.1, -0.05) is 48.5 Å². The average molecular weight is 375 g/mol. The van der Waals surface area contributed by atoms with Crippen LogP contribution >= 0.6 is 0 Å². The zero-order valence-corrected chi connectivity index (χ0v) is 14.6. The molecule has 1 N–H and O–H groups in total. The number of carbonyl (C=O) groups excluding carboxylic acids is 1. The summed E-state index contributed by atoms with van der Waals surface area (Å²) in [5.41, 5.74) is 4.14. The number of aliphatic carboxylic acids is 1. The molecule has 0 spiro atoms. The first-order chi connectivity index (χ1) is 12.9. The standard InChI is InChI=1S/C20H19F2NO4/c1-23(17(19(24)25)10-18(21)22)20(26)27-11-16-14-8-4-2-6-12(14)13-7-3-5-9-15(13)16/h2-9,16-18H,10-11H2,1H3,(H,24,25)/t17-/m0/s1. The van der Waals surface area contributed by atoms with Gasteiger partial charge in [0.05, 0.1) is 0 Å². The Morgan fingerprint density at radius 2 is 1.59 bits per heavy atom. The maximum Gasteiger partial charge on any atom is 0.410 e. The van der Waals surface area contributed by atoms with E-state index in [1.807, 2.05) is 48.5 Å². The largest absolute Gasteiger partial charge is 0.480 e. The van der Waals surface area contributed by atoms with Gasteiger partial charge < -0.3 is 9.84 Å². The van der Waals surface area contributed by atoms with Gasteiger partial charge in [0.1, 0.15) is 12.6 Å². The summed E-state index contributed by atoms with van der Waals surface area (Å²) in [4.78, 5) is 24.1. The number of benzene rings is 2. The molecule has 0 saturated heterocycles. The van der Waals surface area contributed by atoms with E-state index in [4.69, 9.17) is 9.84 Å². The predicted molar refractivity (Wildman–Crippen MR) is 94.9 cm³/mol. The first-order valence-electron chi connectivity index (χ1n) is 8.49. The average Bonchev–Trinajstić information content (AvgIpc) is 2.97. The van der Waals surface area contributed by atoms with Crippen molar-refractivity contribution in [3.8, 4) is 11.1 Å². The van der Waals surface area contributed by atoms with Crippen molar-refractivity contribution in [1.29, 1.82) is 0 Å². The summed E-state index contributed by atoms with van der Waals surface area (Å²) >= 11 is 0. The number of alkyl halides is 2. The zero-order chi connectivity index (χ0) is 19.6. The number of carbonyl (C=O) groups is 2. The van der Waals surface area contributed by atoms with Crippen LogP contribution < -0.4 is 0 Å². The summed E-state index contributed by atoms with van der Waals surface area (Å²) in [6.45, 7) is -0.00177. The van der Waals surface area contributed by atoms with Gasteiger partial charge in [-0.05, 0) is 22.3 Å². The molecule has 5 nitrogen and oxygen atoms in total. The summed E-state index contributed by atoms with van der Waals surface area (Å²) in [6.07, 6.45) is -4.73. The van der Waals surface area contributed by atoms with Crippen LogP contribution in [-0.4, -0.2) is 48.2 Å². The van der Waals surface area contributed by atoms with Gasteiger partial charge in [-0.15, -0.1) is 0 Å². The number of carboxylic acids is 1. The molecule has 0 aliphatic heterocycles. The molecule has 0 heterocycles. The van der Waals surface area contributed by atoms with Crippen LogP contribution in [0.15, 0.2) is 48.5 Å².